The average Bonchev–Trinajstić information content (AvgIpc) is 3.03. The van der Waals surface area contributed by atoms with Gasteiger partial charge in [0.1, 0.15) is 10.7 Å². The zero-order valence-electron chi connectivity index (χ0n) is 15.5. The molecule has 0 amide bonds. The number of aromatic nitrogens is 1. The molecule has 1 aliphatic rings. The molecule has 1 saturated heterocycles. The molecular formula is C17H22ClF2N5O2S2. The molecule has 0 saturated carbocycles. The molecule has 1 aliphatic heterocycles. The van der Waals surface area contributed by atoms with E-state index in [1.807, 2.05) is 4.72 Å². The van der Waals surface area contributed by atoms with E-state index in [2.05, 4.69) is 15.2 Å². The van der Waals surface area contributed by atoms with E-state index in [0.717, 1.165) is 50.7 Å². The van der Waals surface area contributed by atoms with E-state index < -0.39 is 25.9 Å². The van der Waals surface area contributed by atoms with Crippen LogP contribution in [0.5, 0.6) is 0 Å². The second-order valence-electron chi connectivity index (χ2n) is 6.69. The quantitative estimate of drug-likeness (QED) is 0.466. The molecule has 4 N–H and O–H groups in total. The molecule has 2 aromatic rings. The minimum absolute atomic E-state index is 0.0723. The van der Waals surface area contributed by atoms with Crippen molar-refractivity contribution in [2.75, 3.05) is 36.2 Å². The predicted octanol–water partition coefficient (Wildman–Crippen LogP) is 3.10. The Morgan fingerprint density at radius 1 is 1.34 bits per heavy atom. The molecule has 0 unspecified atom stereocenters. The van der Waals surface area contributed by atoms with Crippen molar-refractivity contribution >= 4 is 43.8 Å². The molecule has 2 heterocycles. The van der Waals surface area contributed by atoms with Crippen LogP contribution in [0.3, 0.4) is 0 Å². The molecular weight excluding hydrogens is 444 g/mol. The van der Waals surface area contributed by atoms with Gasteiger partial charge in [0, 0.05) is 25.7 Å². The first-order chi connectivity index (χ1) is 13.8. The van der Waals surface area contributed by atoms with Gasteiger partial charge in [-0.2, -0.15) is 4.39 Å². The number of likely N-dealkylation sites (tertiary alicyclic amines) is 1. The van der Waals surface area contributed by atoms with Crippen LogP contribution in [0.4, 0.5) is 19.6 Å². The third-order valence-electron chi connectivity index (χ3n) is 4.74. The molecule has 3 rings (SSSR count). The zero-order valence-corrected chi connectivity index (χ0v) is 17.9. The monoisotopic (exact) mass is 465 g/mol. The van der Waals surface area contributed by atoms with E-state index in [-0.39, 0.29) is 10.2 Å². The number of thiazole rings is 1. The van der Waals surface area contributed by atoms with Crippen molar-refractivity contribution < 1.29 is 17.2 Å². The van der Waals surface area contributed by atoms with Crippen LogP contribution in [0.25, 0.3) is 0 Å². The number of hydrogen-bond acceptors (Lipinski definition) is 7. The van der Waals surface area contributed by atoms with E-state index in [1.54, 1.807) is 0 Å². The lowest BCUT2D eigenvalue weighted by Crippen LogP contribution is -2.51. The first-order valence-corrected chi connectivity index (χ1v) is 11.8. The summed E-state index contributed by atoms with van der Waals surface area (Å²) in [7, 11) is -4.28. The number of hydrogen-bond donors (Lipinski definition) is 3. The Balaban J connectivity index is 1.56. The molecule has 0 spiro atoms. The highest BCUT2D eigenvalue weighted by molar-refractivity contribution is 7.93. The topological polar surface area (TPSA) is 100 Å². The highest BCUT2D eigenvalue weighted by Gasteiger charge is 2.25. The summed E-state index contributed by atoms with van der Waals surface area (Å²) in [6.07, 6.45) is 3.83. The van der Waals surface area contributed by atoms with Gasteiger partial charge in [-0.3, -0.25) is 9.62 Å². The lowest BCUT2D eigenvalue weighted by Gasteiger charge is -2.40. The van der Waals surface area contributed by atoms with E-state index in [0.29, 0.717) is 36.2 Å². The molecule has 7 nitrogen and oxygen atoms in total. The minimum Gasteiger partial charge on any atom is -0.384 e. The van der Waals surface area contributed by atoms with Gasteiger partial charge < -0.3 is 11.1 Å². The maximum atomic E-state index is 14.4. The van der Waals surface area contributed by atoms with E-state index in [9.17, 15) is 17.2 Å². The van der Waals surface area contributed by atoms with Crippen molar-refractivity contribution in [1.29, 1.82) is 0 Å². The lowest BCUT2D eigenvalue weighted by atomic mass is 10.0. The molecule has 160 valence electrons. The Labute approximate surface area is 177 Å². The number of nitrogens with zero attached hydrogens (tertiary/aromatic N) is 2. The number of sulfonamides is 1. The van der Waals surface area contributed by atoms with Crippen LogP contribution in [0.15, 0.2) is 23.2 Å². The summed E-state index contributed by atoms with van der Waals surface area (Å²) in [6.45, 7) is 3.29. The first-order valence-electron chi connectivity index (χ1n) is 9.11. The second kappa shape index (κ2) is 9.52. The van der Waals surface area contributed by atoms with Gasteiger partial charge in [-0.1, -0.05) is 22.9 Å². The van der Waals surface area contributed by atoms with Gasteiger partial charge in [-0.25, -0.2) is 17.8 Å². The molecule has 1 atom stereocenters. The van der Waals surface area contributed by atoms with Crippen molar-refractivity contribution in [3.63, 3.8) is 0 Å². The van der Waals surface area contributed by atoms with Crippen LogP contribution < -0.4 is 15.8 Å². The molecule has 0 aliphatic carbocycles. The molecule has 0 radical (unpaired) electrons. The highest BCUT2D eigenvalue weighted by Crippen LogP contribution is 2.30. The maximum Gasteiger partial charge on any atom is 0.266 e. The van der Waals surface area contributed by atoms with Gasteiger partial charge >= 0.3 is 0 Å². The fourth-order valence-electron chi connectivity index (χ4n) is 3.06. The van der Waals surface area contributed by atoms with Crippen LogP contribution >= 0.6 is 22.9 Å². The zero-order chi connectivity index (χ0) is 21.0. The summed E-state index contributed by atoms with van der Waals surface area (Å²) in [5, 5.41) is 2.25. The van der Waals surface area contributed by atoms with Gasteiger partial charge in [-0.15, -0.1) is 0 Å². The molecule has 1 aromatic heterocycles. The third-order valence-corrected chi connectivity index (χ3v) is 7.23. The normalized spacial score (nSPS) is 17.2. The number of benzene rings is 1. The Hall–Kier alpha value is -1.53. The smallest absolute Gasteiger partial charge is 0.266 e. The van der Waals surface area contributed by atoms with Crippen molar-refractivity contribution in [3.05, 3.63) is 34.3 Å². The lowest BCUT2D eigenvalue weighted by molar-refractivity contribution is 0.0951. The van der Waals surface area contributed by atoms with Gasteiger partial charge in [0.05, 0.1) is 16.9 Å². The Kier molecular flexibility index (Phi) is 7.28. The first kappa shape index (κ1) is 22.2. The molecule has 29 heavy (non-hydrogen) atoms. The SMILES string of the molecule is NC[C@@H]1CCN1CCCCNc1cc(F)c(S(=O)(=O)Nc2ncc(F)s2)cc1Cl. The number of halogens is 3. The summed E-state index contributed by atoms with van der Waals surface area (Å²) >= 11 is 6.63. The highest BCUT2D eigenvalue weighted by atomic mass is 35.5. The number of unbranched alkanes of at least 4 members (excludes halogenated alkanes) is 1. The van der Waals surface area contributed by atoms with Crippen molar-refractivity contribution in [1.82, 2.24) is 9.88 Å². The van der Waals surface area contributed by atoms with Crippen LogP contribution in [0.1, 0.15) is 19.3 Å². The van der Waals surface area contributed by atoms with Crippen LogP contribution in [0.2, 0.25) is 5.02 Å². The van der Waals surface area contributed by atoms with Gasteiger partial charge in [-0.05, 0) is 37.9 Å². The third kappa shape index (κ3) is 5.54. The summed E-state index contributed by atoms with van der Waals surface area (Å²) in [6, 6.07) is 2.55. The summed E-state index contributed by atoms with van der Waals surface area (Å²) in [5.41, 5.74) is 5.99. The van der Waals surface area contributed by atoms with Crippen molar-refractivity contribution in [2.24, 2.45) is 5.73 Å². The predicted molar refractivity (Wildman–Crippen MR) is 111 cm³/mol. The number of rotatable bonds is 10. The largest absolute Gasteiger partial charge is 0.384 e. The Bertz CT molecular complexity index is 955. The molecule has 1 fully saturated rings. The van der Waals surface area contributed by atoms with Gasteiger partial charge in [0.25, 0.3) is 10.0 Å². The summed E-state index contributed by atoms with van der Waals surface area (Å²) in [4.78, 5) is 5.27. The fraction of sp³-hybridized carbons (Fsp3) is 0.471. The molecule has 0 bridgehead atoms. The Morgan fingerprint density at radius 2 is 2.14 bits per heavy atom. The maximum absolute atomic E-state index is 14.4. The minimum atomic E-state index is -4.28. The molecule has 1 aromatic carbocycles. The van der Waals surface area contributed by atoms with Crippen LogP contribution in [-0.2, 0) is 10.0 Å². The van der Waals surface area contributed by atoms with Gasteiger partial charge in [0.15, 0.2) is 10.3 Å². The Morgan fingerprint density at radius 3 is 2.76 bits per heavy atom. The number of anilines is 2. The number of nitrogens with two attached hydrogens (primary N) is 1. The fourth-order valence-corrected chi connectivity index (χ4v) is 5.23. The standard InChI is InChI=1S/C17H22ClF2N5O2S2/c18-12-7-15(29(26,27)24-17-23-10-16(20)28-17)13(19)8-14(12)22-4-1-2-5-25-6-3-11(25)9-21/h7-8,10-11,22H,1-6,9,21H2,(H,23,24)/t11-/m0/s1. The second-order valence-corrected chi connectivity index (χ2v) is 9.72. The van der Waals surface area contributed by atoms with Gasteiger partial charge in [0.2, 0.25) is 0 Å². The molecule has 12 heteroatoms. The van der Waals surface area contributed by atoms with Crippen molar-refractivity contribution in [3.8, 4) is 0 Å². The summed E-state index contributed by atoms with van der Waals surface area (Å²) in [5.74, 6) is -0.965. The average molecular weight is 466 g/mol. The van der Waals surface area contributed by atoms with Crippen molar-refractivity contribution in [2.45, 2.75) is 30.2 Å². The van der Waals surface area contributed by atoms with Crippen LogP contribution in [-0.4, -0.2) is 50.5 Å². The van der Waals surface area contributed by atoms with E-state index in [1.165, 1.54) is 0 Å². The van der Waals surface area contributed by atoms with E-state index in [4.69, 9.17) is 17.3 Å². The number of nitrogens with one attached hydrogen (secondary N) is 2. The van der Waals surface area contributed by atoms with Crippen LogP contribution in [0, 0.1) is 10.9 Å². The summed E-state index contributed by atoms with van der Waals surface area (Å²) < 4.78 is 54.1. The van der Waals surface area contributed by atoms with E-state index >= 15 is 0 Å².